The summed E-state index contributed by atoms with van der Waals surface area (Å²) in [6.07, 6.45) is 0. The Labute approximate surface area is 191 Å². The fourth-order valence-corrected chi connectivity index (χ4v) is 3.54. The molecular formula is C26H25N3O4. The molecule has 0 bridgehead atoms. The van der Waals surface area contributed by atoms with Crippen LogP contribution in [0.1, 0.15) is 11.1 Å². The highest BCUT2D eigenvalue weighted by Crippen LogP contribution is 2.38. The van der Waals surface area contributed by atoms with E-state index in [1.165, 1.54) is 0 Å². The number of rotatable bonds is 8. The molecule has 0 spiro atoms. The molecule has 1 N–H and O–H groups in total. The molecule has 0 aliphatic carbocycles. The Morgan fingerprint density at radius 2 is 1.58 bits per heavy atom. The fourth-order valence-electron chi connectivity index (χ4n) is 3.54. The Morgan fingerprint density at radius 1 is 0.909 bits per heavy atom. The molecule has 0 saturated carbocycles. The highest BCUT2D eigenvalue weighted by Gasteiger charge is 2.17. The molecule has 1 heterocycles. The molecule has 0 saturated heterocycles. The van der Waals surface area contributed by atoms with E-state index in [4.69, 9.17) is 9.47 Å². The topological polar surface area (TPSA) is 85.4 Å². The average molecular weight is 444 g/mol. The molecule has 0 atom stereocenters. The number of ether oxygens (including phenoxy) is 2. The molecule has 7 heteroatoms. The molecular weight excluding hydrogens is 418 g/mol. The number of benzene rings is 3. The Hall–Kier alpha value is -4.13. The van der Waals surface area contributed by atoms with Gasteiger partial charge >= 0.3 is 5.91 Å². The zero-order valence-corrected chi connectivity index (χ0v) is 18.6. The van der Waals surface area contributed by atoms with E-state index in [0.717, 1.165) is 22.4 Å². The van der Waals surface area contributed by atoms with Gasteiger partial charge in [-0.25, -0.2) is 0 Å². The van der Waals surface area contributed by atoms with Gasteiger partial charge in [-0.3, -0.25) is 4.79 Å². The summed E-state index contributed by atoms with van der Waals surface area (Å²) in [6.45, 7) is 4.47. The summed E-state index contributed by atoms with van der Waals surface area (Å²) in [5, 5.41) is 19.3. The van der Waals surface area contributed by atoms with Gasteiger partial charge in [0.25, 0.3) is 0 Å². The predicted molar refractivity (Wildman–Crippen MR) is 126 cm³/mol. The summed E-state index contributed by atoms with van der Waals surface area (Å²) in [4.78, 5) is 12.2. The van der Waals surface area contributed by atoms with E-state index in [1.807, 2.05) is 80.6 Å². The molecule has 168 valence electrons. The summed E-state index contributed by atoms with van der Waals surface area (Å²) in [6, 6.07) is 22.6. The lowest BCUT2D eigenvalue weighted by Gasteiger charge is -2.09. The van der Waals surface area contributed by atoms with Crippen molar-refractivity contribution in [3.05, 3.63) is 83.9 Å². The molecule has 4 aromatic rings. The van der Waals surface area contributed by atoms with Gasteiger partial charge in [0, 0.05) is 5.39 Å². The maximum absolute atomic E-state index is 12.2. The van der Waals surface area contributed by atoms with Crippen molar-refractivity contribution >= 4 is 22.5 Å². The third-order valence-corrected chi connectivity index (χ3v) is 5.10. The molecule has 0 aliphatic rings. The molecule has 33 heavy (non-hydrogen) atoms. The molecule has 0 radical (unpaired) electrons. The molecule has 1 amide bonds. The van der Waals surface area contributed by atoms with Crippen LogP contribution in [0.2, 0.25) is 0 Å². The van der Waals surface area contributed by atoms with E-state index in [9.17, 15) is 9.90 Å². The van der Waals surface area contributed by atoms with Crippen molar-refractivity contribution in [2.24, 2.45) is 10.2 Å². The molecule has 1 aromatic heterocycles. The number of aromatic nitrogens is 1. The van der Waals surface area contributed by atoms with Crippen molar-refractivity contribution in [1.82, 2.24) is 4.57 Å². The SMILES string of the molecule is Cc1cccc(OCCn2c(O)c(N=NC(=O)COc3cccc(C)c3)c3ccccc32)c1. The summed E-state index contributed by atoms with van der Waals surface area (Å²) < 4.78 is 13.0. The van der Waals surface area contributed by atoms with Crippen LogP contribution in [0.15, 0.2) is 83.0 Å². The van der Waals surface area contributed by atoms with Crippen molar-refractivity contribution in [2.45, 2.75) is 20.4 Å². The summed E-state index contributed by atoms with van der Waals surface area (Å²) >= 11 is 0. The van der Waals surface area contributed by atoms with Gasteiger partial charge in [0.15, 0.2) is 12.3 Å². The second-order valence-electron chi connectivity index (χ2n) is 7.70. The lowest BCUT2D eigenvalue weighted by Crippen LogP contribution is -2.08. The zero-order valence-electron chi connectivity index (χ0n) is 18.6. The summed E-state index contributed by atoms with van der Waals surface area (Å²) in [5.41, 5.74) is 3.16. The Kier molecular flexibility index (Phi) is 6.69. The van der Waals surface area contributed by atoms with E-state index in [0.29, 0.717) is 24.3 Å². The van der Waals surface area contributed by atoms with E-state index in [2.05, 4.69) is 10.2 Å². The smallest absolute Gasteiger partial charge is 0.302 e. The first kappa shape index (κ1) is 22.1. The van der Waals surface area contributed by atoms with Crippen LogP contribution in [-0.4, -0.2) is 28.8 Å². The number of nitrogens with zero attached hydrogens (tertiary/aromatic N) is 3. The van der Waals surface area contributed by atoms with E-state index in [-0.39, 0.29) is 18.2 Å². The Morgan fingerprint density at radius 3 is 2.27 bits per heavy atom. The van der Waals surface area contributed by atoms with Gasteiger partial charge in [0.1, 0.15) is 18.1 Å². The third-order valence-electron chi connectivity index (χ3n) is 5.10. The Bertz CT molecular complexity index is 1310. The monoisotopic (exact) mass is 443 g/mol. The van der Waals surface area contributed by atoms with Crippen LogP contribution < -0.4 is 9.47 Å². The summed E-state index contributed by atoms with van der Waals surface area (Å²) in [7, 11) is 0. The first-order valence-corrected chi connectivity index (χ1v) is 10.6. The normalized spacial score (nSPS) is 11.2. The number of hydrogen-bond acceptors (Lipinski definition) is 5. The van der Waals surface area contributed by atoms with E-state index in [1.54, 1.807) is 10.6 Å². The number of fused-ring (bicyclic) bond motifs is 1. The number of hydrogen-bond donors (Lipinski definition) is 1. The molecule has 7 nitrogen and oxygen atoms in total. The van der Waals surface area contributed by atoms with Crippen molar-refractivity contribution < 1.29 is 19.4 Å². The van der Waals surface area contributed by atoms with Crippen LogP contribution in [-0.2, 0) is 11.3 Å². The zero-order chi connectivity index (χ0) is 23.2. The first-order valence-electron chi connectivity index (χ1n) is 10.6. The number of aryl methyl sites for hydroxylation is 2. The van der Waals surface area contributed by atoms with Gasteiger partial charge in [-0.05, 0) is 55.3 Å². The van der Waals surface area contributed by atoms with Crippen LogP contribution in [0.4, 0.5) is 5.69 Å². The fraction of sp³-hybridized carbons (Fsp3) is 0.192. The number of azo groups is 1. The second kappa shape index (κ2) is 9.99. The molecule has 0 unspecified atom stereocenters. The molecule has 0 aliphatic heterocycles. The van der Waals surface area contributed by atoms with Gasteiger partial charge in [-0.1, -0.05) is 42.5 Å². The lowest BCUT2D eigenvalue weighted by atomic mass is 10.2. The van der Waals surface area contributed by atoms with Gasteiger partial charge in [-0.2, -0.15) is 0 Å². The van der Waals surface area contributed by atoms with Crippen LogP contribution in [0.5, 0.6) is 17.4 Å². The maximum atomic E-state index is 12.2. The highest BCUT2D eigenvalue weighted by molar-refractivity contribution is 5.95. The largest absolute Gasteiger partial charge is 0.493 e. The predicted octanol–water partition coefficient (Wildman–Crippen LogP) is 5.73. The van der Waals surface area contributed by atoms with Gasteiger partial charge in [0.2, 0.25) is 5.88 Å². The van der Waals surface area contributed by atoms with Crippen LogP contribution in [0.3, 0.4) is 0 Å². The van der Waals surface area contributed by atoms with E-state index >= 15 is 0 Å². The highest BCUT2D eigenvalue weighted by atomic mass is 16.5. The maximum Gasteiger partial charge on any atom is 0.302 e. The number of carbonyl (C=O) groups is 1. The van der Waals surface area contributed by atoms with Crippen LogP contribution in [0.25, 0.3) is 10.9 Å². The van der Waals surface area contributed by atoms with Gasteiger partial charge in [0.05, 0.1) is 12.1 Å². The van der Waals surface area contributed by atoms with E-state index < -0.39 is 5.91 Å². The minimum Gasteiger partial charge on any atom is -0.493 e. The van der Waals surface area contributed by atoms with Crippen LogP contribution >= 0.6 is 0 Å². The second-order valence-corrected chi connectivity index (χ2v) is 7.70. The number of carbonyl (C=O) groups excluding carboxylic acids is 1. The lowest BCUT2D eigenvalue weighted by molar-refractivity contribution is -0.120. The van der Waals surface area contributed by atoms with Crippen molar-refractivity contribution in [1.29, 1.82) is 0 Å². The Balaban J connectivity index is 1.47. The summed E-state index contributed by atoms with van der Waals surface area (Å²) in [5.74, 6) is 0.743. The van der Waals surface area contributed by atoms with Gasteiger partial charge < -0.3 is 19.1 Å². The van der Waals surface area contributed by atoms with Crippen molar-refractivity contribution in [3.63, 3.8) is 0 Å². The minimum absolute atomic E-state index is 0.0693. The third kappa shape index (κ3) is 5.38. The van der Waals surface area contributed by atoms with Crippen molar-refractivity contribution in [2.75, 3.05) is 13.2 Å². The molecule has 3 aromatic carbocycles. The number of aromatic hydroxyl groups is 1. The standard InChI is InChI=1S/C26H25N3O4/c1-18-7-5-9-20(15-18)32-14-13-29-23-12-4-3-11-22(23)25(26(29)31)28-27-24(30)17-33-21-10-6-8-19(2)16-21/h3-12,15-16,31H,13-14,17H2,1-2H3. The minimum atomic E-state index is -0.546. The number of para-hydroxylation sites is 1. The average Bonchev–Trinajstić information content (AvgIpc) is 3.07. The molecule has 4 rings (SSSR count). The van der Waals surface area contributed by atoms with Gasteiger partial charge in [-0.15, -0.1) is 10.2 Å². The van der Waals surface area contributed by atoms with Crippen LogP contribution in [0, 0.1) is 13.8 Å². The quantitative estimate of drug-likeness (QED) is 0.352. The van der Waals surface area contributed by atoms with Crippen molar-refractivity contribution in [3.8, 4) is 17.4 Å². The molecule has 0 fully saturated rings. The number of amides is 1. The first-order chi connectivity index (χ1) is 16.0.